The van der Waals surface area contributed by atoms with Crippen molar-refractivity contribution in [2.45, 2.75) is 12.8 Å². The third-order valence-electron chi connectivity index (χ3n) is 3.33. The summed E-state index contributed by atoms with van der Waals surface area (Å²) in [6.07, 6.45) is 5.63. The number of halogens is 1. The second-order valence-corrected chi connectivity index (χ2v) is 7.03. The van der Waals surface area contributed by atoms with Crippen LogP contribution in [0.3, 0.4) is 0 Å². The van der Waals surface area contributed by atoms with Gasteiger partial charge >= 0.3 is 0 Å². The Kier molecular flexibility index (Phi) is 5.60. The number of ether oxygens (including phenoxy) is 1. The molecule has 0 aliphatic carbocycles. The fourth-order valence-corrected chi connectivity index (χ4v) is 3.38. The molecule has 0 spiro atoms. The normalized spacial score (nSPS) is 17.3. The van der Waals surface area contributed by atoms with Crippen LogP contribution < -0.4 is 0 Å². The lowest BCUT2D eigenvalue weighted by Gasteiger charge is -2.30. The average molecular weight is 344 g/mol. The monoisotopic (exact) mass is 343 g/mol. The number of thiophene rings is 1. The van der Waals surface area contributed by atoms with Gasteiger partial charge in [-0.1, -0.05) is 0 Å². The fourth-order valence-electron chi connectivity index (χ4n) is 2.24. The van der Waals surface area contributed by atoms with E-state index in [-0.39, 0.29) is 5.91 Å². The van der Waals surface area contributed by atoms with E-state index in [0.717, 1.165) is 41.9 Å². The number of hydrogen-bond donors (Lipinski definition) is 0. The Hall–Kier alpha value is -0.650. The maximum absolute atomic E-state index is 12.0. The molecule has 0 atom stereocenters. The van der Waals surface area contributed by atoms with Crippen molar-refractivity contribution in [3.05, 3.63) is 26.9 Å². The van der Waals surface area contributed by atoms with E-state index >= 15 is 0 Å². The number of carbonyl (C=O) groups is 1. The predicted molar refractivity (Wildman–Crippen MR) is 82.2 cm³/mol. The van der Waals surface area contributed by atoms with Gasteiger partial charge in [-0.15, -0.1) is 11.3 Å². The molecule has 1 aromatic heterocycles. The summed E-state index contributed by atoms with van der Waals surface area (Å²) >= 11 is 5.04. The third-order valence-corrected chi connectivity index (χ3v) is 4.86. The number of rotatable bonds is 4. The molecule has 1 aromatic rings. The van der Waals surface area contributed by atoms with Gasteiger partial charge in [-0.3, -0.25) is 4.79 Å². The number of methoxy groups -OCH3 is 1. The maximum Gasteiger partial charge on any atom is 0.246 e. The van der Waals surface area contributed by atoms with Gasteiger partial charge in [-0.05, 0) is 57.8 Å². The van der Waals surface area contributed by atoms with Crippen molar-refractivity contribution in [2.75, 3.05) is 26.8 Å². The van der Waals surface area contributed by atoms with Crippen molar-refractivity contribution < 1.29 is 9.53 Å². The minimum atomic E-state index is 0.109. The van der Waals surface area contributed by atoms with Crippen molar-refractivity contribution in [1.29, 1.82) is 0 Å². The molecule has 1 saturated heterocycles. The average Bonchev–Trinajstić information content (AvgIpc) is 2.83. The summed E-state index contributed by atoms with van der Waals surface area (Å²) < 4.78 is 6.25. The van der Waals surface area contributed by atoms with Gasteiger partial charge in [0.15, 0.2) is 0 Å². The molecule has 1 amide bonds. The van der Waals surface area contributed by atoms with Crippen LogP contribution in [0.25, 0.3) is 6.08 Å². The van der Waals surface area contributed by atoms with Gasteiger partial charge < -0.3 is 9.64 Å². The first-order chi connectivity index (χ1) is 9.19. The molecule has 1 fully saturated rings. The molecule has 19 heavy (non-hydrogen) atoms. The second kappa shape index (κ2) is 7.22. The van der Waals surface area contributed by atoms with Crippen molar-refractivity contribution >= 4 is 39.2 Å². The molecule has 3 nitrogen and oxygen atoms in total. The first-order valence-electron chi connectivity index (χ1n) is 6.39. The Balaban J connectivity index is 1.83. The Morgan fingerprint density at radius 3 is 2.89 bits per heavy atom. The maximum atomic E-state index is 12.0. The van der Waals surface area contributed by atoms with Gasteiger partial charge in [-0.2, -0.15) is 0 Å². The lowest BCUT2D eigenvalue weighted by molar-refractivity contribution is -0.127. The van der Waals surface area contributed by atoms with Crippen LogP contribution in [0.15, 0.2) is 21.3 Å². The largest absolute Gasteiger partial charge is 0.384 e. The number of amides is 1. The molecule has 0 bridgehead atoms. The first kappa shape index (κ1) is 14.8. The van der Waals surface area contributed by atoms with E-state index in [9.17, 15) is 4.79 Å². The van der Waals surface area contributed by atoms with Crippen LogP contribution in [0.1, 0.15) is 18.4 Å². The summed E-state index contributed by atoms with van der Waals surface area (Å²) in [6.45, 7) is 2.48. The summed E-state index contributed by atoms with van der Waals surface area (Å²) in [5.41, 5.74) is 1.07. The van der Waals surface area contributed by atoms with E-state index in [1.807, 2.05) is 22.4 Å². The molecule has 2 heterocycles. The topological polar surface area (TPSA) is 29.5 Å². The van der Waals surface area contributed by atoms with Crippen LogP contribution in [0, 0.1) is 5.92 Å². The van der Waals surface area contributed by atoms with E-state index in [1.54, 1.807) is 24.5 Å². The minimum Gasteiger partial charge on any atom is -0.384 e. The predicted octanol–water partition coefficient (Wildman–Crippen LogP) is 3.41. The van der Waals surface area contributed by atoms with Gasteiger partial charge in [0.05, 0.1) is 3.79 Å². The van der Waals surface area contributed by atoms with Crippen LogP contribution in [0.5, 0.6) is 0 Å². The second-order valence-electron chi connectivity index (χ2n) is 4.74. The standard InChI is InChI=1S/C14H18BrNO2S/c1-18-9-11-4-6-16(7-5-11)14(17)3-2-12-8-13(15)19-10-12/h2-3,8,10-11H,4-7,9H2,1H3/b3-2-. The van der Waals surface area contributed by atoms with E-state index in [1.165, 1.54) is 0 Å². The summed E-state index contributed by atoms with van der Waals surface area (Å²) in [5, 5.41) is 2.03. The Morgan fingerprint density at radius 1 is 1.58 bits per heavy atom. The van der Waals surface area contributed by atoms with E-state index in [4.69, 9.17) is 4.74 Å². The number of nitrogens with zero attached hydrogens (tertiary/aromatic N) is 1. The van der Waals surface area contributed by atoms with Gasteiger partial charge in [0.2, 0.25) is 5.91 Å². The zero-order valence-electron chi connectivity index (χ0n) is 11.0. The third kappa shape index (κ3) is 4.44. The van der Waals surface area contributed by atoms with E-state index in [0.29, 0.717) is 5.92 Å². The van der Waals surface area contributed by atoms with Crippen molar-refractivity contribution in [3.63, 3.8) is 0 Å². The molecule has 1 aliphatic rings. The Labute approximate surface area is 126 Å². The summed E-state index contributed by atoms with van der Waals surface area (Å²) in [4.78, 5) is 14.0. The summed E-state index contributed by atoms with van der Waals surface area (Å²) in [5.74, 6) is 0.712. The molecule has 0 unspecified atom stereocenters. The van der Waals surface area contributed by atoms with Gasteiger partial charge in [-0.25, -0.2) is 0 Å². The fraction of sp³-hybridized carbons (Fsp3) is 0.500. The molecular formula is C14H18BrNO2S. The van der Waals surface area contributed by atoms with Gasteiger partial charge in [0.1, 0.15) is 0 Å². The van der Waals surface area contributed by atoms with Crippen molar-refractivity contribution in [2.24, 2.45) is 5.92 Å². The van der Waals surface area contributed by atoms with E-state index in [2.05, 4.69) is 15.9 Å². The molecule has 0 aromatic carbocycles. The van der Waals surface area contributed by atoms with Gasteiger partial charge in [0.25, 0.3) is 0 Å². The van der Waals surface area contributed by atoms with Crippen LogP contribution in [0.2, 0.25) is 0 Å². The SMILES string of the molecule is COCC1CCN(C(=O)/C=C\c2csc(Br)c2)CC1. The minimum absolute atomic E-state index is 0.109. The molecule has 0 radical (unpaired) electrons. The quantitative estimate of drug-likeness (QED) is 0.784. The molecule has 0 N–H and O–H groups in total. The summed E-state index contributed by atoms with van der Waals surface area (Å²) in [7, 11) is 1.74. The molecule has 0 saturated carbocycles. The molecule has 1 aliphatic heterocycles. The molecule has 5 heteroatoms. The van der Waals surface area contributed by atoms with Crippen LogP contribution >= 0.6 is 27.3 Å². The molecule has 104 valence electrons. The van der Waals surface area contributed by atoms with Crippen molar-refractivity contribution in [3.8, 4) is 0 Å². The zero-order valence-corrected chi connectivity index (χ0v) is 13.4. The molecule has 2 rings (SSSR count). The highest BCUT2D eigenvalue weighted by Crippen LogP contribution is 2.22. The smallest absolute Gasteiger partial charge is 0.246 e. The lowest BCUT2D eigenvalue weighted by Crippen LogP contribution is -2.38. The lowest BCUT2D eigenvalue weighted by atomic mass is 9.98. The number of hydrogen-bond acceptors (Lipinski definition) is 3. The highest BCUT2D eigenvalue weighted by atomic mass is 79.9. The zero-order chi connectivity index (χ0) is 13.7. The van der Waals surface area contributed by atoms with Crippen molar-refractivity contribution in [1.82, 2.24) is 4.90 Å². The van der Waals surface area contributed by atoms with E-state index < -0.39 is 0 Å². The molecular weight excluding hydrogens is 326 g/mol. The van der Waals surface area contributed by atoms with Gasteiger partial charge in [0, 0.05) is 32.9 Å². The highest BCUT2D eigenvalue weighted by Gasteiger charge is 2.21. The van der Waals surface area contributed by atoms with Crippen LogP contribution in [-0.4, -0.2) is 37.6 Å². The Bertz CT molecular complexity index is 450. The number of carbonyl (C=O) groups excluding carboxylic acids is 1. The summed E-state index contributed by atoms with van der Waals surface area (Å²) in [6, 6.07) is 2.01. The first-order valence-corrected chi connectivity index (χ1v) is 8.06. The highest BCUT2D eigenvalue weighted by molar-refractivity contribution is 9.11. The Morgan fingerprint density at radius 2 is 2.32 bits per heavy atom. The number of piperidine rings is 1. The van der Waals surface area contributed by atoms with Crippen LogP contribution in [0.4, 0.5) is 0 Å². The number of likely N-dealkylation sites (tertiary alicyclic amines) is 1. The van der Waals surface area contributed by atoms with Crippen LogP contribution in [-0.2, 0) is 9.53 Å².